The Labute approximate surface area is 106 Å². The van der Waals surface area contributed by atoms with E-state index >= 15 is 0 Å². The Morgan fingerprint density at radius 3 is 3.24 bits per heavy atom. The third kappa shape index (κ3) is 4.11. The summed E-state index contributed by atoms with van der Waals surface area (Å²) in [6.45, 7) is 4.25. The first-order valence-corrected chi connectivity index (χ1v) is 6.83. The molecule has 0 bridgehead atoms. The predicted octanol–water partition coefficient (Wildman–Crippen LogP) is 1.09. The van der Waals surface area contributed by atoms with Crippen molar-refractivity contribution in [2.75, 3.05) is 32.8 Å². The second-order valence-corrected chi connectivity index (χ2v) is 5.09. The van der Waals surface area contributed by atoms with Crippen LogP contribution in [0.1, 0.15) is 11.3 Å². The lowest BCUT2D eigenvalue weighted by molar-refractivity contribution is -0.136. The number of rotatable bonds is 4. The molecule has 1 N–H and O–H groups in total. The highest BCUT2D eigenvalue weighted by Gasteiger charge is 2.14. The molecule has 1 aromatic heterocycles. The zero-order valence-electron chi connectivity index (χ0n) is 9.85. The Morgan fingerprint density at radius 2 is 2.41 bits per heavy atom. The van der Waals surface area contributed by atoms with E-state index in [-0.39, 0.29) is 12.5 Å². The van der Waals surface area contributed by atoms with Gasteiger partial charge in [-0.15, -0.1) is 11.3 Å². The van der Waals surface area contributed by atoms with Crippen molar-refractivity contribution in [1.82, 2.24) is 10.2 Å². The lowest BCUT2D eigenvalue weighted by atomic mass is 10.4. The third-order valence-electron chi connectivity index (χ3n) is 2.74. The molecule has 2 rings (SSSR count). The van der Waals surface area contributed by atoms with E-state index in [4.69, 9.17) is 4.74 Å². The number of hydrogen-bond acceptors (Lipinski definition) is 4. The number of hydrogen-bond donors (Lipinski definition) is 1. The molecule has 4 nitrogen and oxygen atoms in total. The normalized spacial score (nSPS) is 16.8. The molecule has 5 heteroatoms. The lowest BCUT2D eigenvalue weighted by Gasteiger charge is -2.19. The predicted molar refractivity (Wildman–Crippen MR) is 68.0 cm³/mol. The second-order valence-electron chi connectivity index (χ2n) is 4.06. The molecule has 0 saturated carbocycles. The zero-order chi connectivity index (χ0) is 11.9. The summed E-state index contributed by atoms with van der Waals surface area (Å²) in [5.41, 5.74) is 0. The average molecular weight is 254 g/mol. The summed E-state index contributed by atoms with van der Waals surface area (Å²) in [6.07, 6.45) is 1.02. The molecule has 2 heterocycles. The summed E-state index contributed by atoms with van der Waals surface area (Å²) in [6, 6.07) is 4.01. The first kappa shape index (κ1) is 12.5. The standard InChI is InChI=1S/C12H18N2O2S/c15-12(14-6-2-4-13-5-7-14)10-16-9-11-3-1-8-17-11/h1,3,8,13H,2,4-7,9-10H2. The molecule has 0 aliphatic carbocycles. The van der Waals surface area contributed by atoms with E-state index in [2.05, 4.69) is 5.32 Å². The number of carbonyl (C=O) groups is 1. The van der Waals surface area contributed by atoms with Crippen molar-refractivity contribution >= 4 is 17.2 Å². The minimum Gasteiger partial charge on any atom is -0.366 e. The first-order valence-electron chi connectivity index (χ1n) is 5.95. The Kier molecular flexibility index (Phi) is 4.97. The largest absolute Gasteiger partial charge is 0.366 e. The van der Waals surface area contributed by atoms with Crippen LogP contribution in [0, 0.1) is 0 Å². The van der Waals surface area contributed by atoms with Gasteiger partial charge in [-0.3, -0.25) is 4.79 Å². The van der Waals surface area contributed by atoms with Crippen LogP contribution in [0.2, 0.25) is 0 Å². The van der Waals surface area contributed by atoms with Crippen LogP contribution in [-0.4, -0.2) is 43.6 Å². The maximum atomic E-state index is 11.9. The van der Waals surface area contributed by atoms with Crippen LogP contribution in [0.15, 0.2) is 17.5 Å². The molecule has 94 valence electrons. The van der Waals surface area contributed by atoms with Crippen LogP contribution in [0.3, 0.4) is 0 Å². The number of nitrogens with zero attached hydrogens (tertiary/aromatic N) is 1. The fraction of sp³-hybridized carbons (Fsp3) is 0.583. The fourth-order valence-corrected chi connectivity index (χ4v) is 2.46. The summed E-state index contributed by atoms with van der Waals surface area (Å²) in [4.78, 5) is 14.9. The van der Waals surface area contributed by atoms with Gasteiger partial charge in [0.1, 0.15) is 6.61 Å². The van der Waals surface area contributed by atoms with E-state index in [9.17, 15) is 4.79 Å². The van der Waals surface area contributed by atoms with Gasteiger partial charge in [-0.1, -0.05) is 6.07 Å². The average Bonchev–Trinajstić information content (AvgIpc) is 2.69. The lowest BCUT2D eigenvalue weighted by Crippen LogP contribution is -2.36. The van der Waals surface area contributed by atoms with E-state index in [1.807, 2.05) is 22.4 Å². The van der Waals surface area contributed by atoms with E-state index in [0.29, 0.717) is 6.61 Å². The molecule has 0 atom stereocenters. The Balaban J connectivity index is 1.69. The number of amides is 1. The molecule has 1 fully saturated rings. The van der Waals surface area contributed by atoms with Gasteiger partial charge < -0.3 is 15.0 Å². The van der Waals surface area contributed by atoms with Crippen LogP contribution in [0.5, 0.6) is 0 Å². The fourth-order valence-electron chi connectivity index (χ4n) is 1.82. The van der Waals surface area contributed by atoms with Crippen molar-refractivity contribution in [2.45, 2.75) is 13.0 Å². The first-order chi connectivity index (χ1) is 8.36. The molecule has 0 spiro atoms. The summed E-state index contributed by atoms with van der Waals surface area (Å²) >= 11 is 1.65. The summed E-state index contributed by atoms with van der Waals surface area (Å²) in [7, 11) is 0. The highest BCUT2D eigenvalue weighted by atomic mass is 32.1. The molecule has 1 aliphatic heterocycles. The molecule has 1 amide bonds. The maximum Gasteiger partial charge on any atom is 0.248 e. The highest BCUT2D eigenvalue weighted by Crippen LogP contribution is 2.09. The topological polar surface area (TPSA) is 41.6 Å². The molecule has 0 radical (unpaired) electrons. The monoisotopic (exact) mass is 254 g/mol. The zero-order valence-corrected chi connectivity index (χ0v) is 10.7. The van der Waals surface area contributed by atoms with Crippen LogP contribution in [0.25, 0.3) is 0 Å². The number of carbonyl (C=O) groups excluding carboxylic acids is 1. The van der Waals surface area contributed by atoms with Gasteiger partial charge in [0.05, 0.1) is 6.61 Å². The third-order valence-corrected chi connectivity index (χ3v) is 3.59. The van der Waals surface area contributed by atoms with Gasteiger partial charge in [-0.05, 0) is 24.4 Å². The van der Waals surface area contributed by atoms with Gasteiger partial charge in [0.15, 0.2) is 0 Å². The molecule has 1 aliphatic rings. The van der Waals surface area contributed by atoms with E-state index in [1.165, 1.54) is 0 Å². The molecule has 1 saturated heterocycles. The van der Waals surface area contributed by atoms with Crippen molar-refractivity contribution in [2.24, 2.45) is 0 Å². The summed E-state index contributed by atoms with van der Waals surface area (Å²) in [5, 5.41) is 5.29. The molecule has 0 unspecified atom stereocenters. The van der Waals surface area contributed by atoms with Crippen molar-refractivity contribution < 1.29 is 9.53 Å². The van der Waals surface area contributed by atoms with Crippen molar-refractivity contribution in [3.63, 3.8) is 0 Å². The smallest absolute Gasteiger partial charge is 0.248 e. The maximum absolute atomic E-state index is 11.9. The van der Waals surface area contributed by atoms with Gasteiger partial charge in [-0.2, -0.15) is 0 Å². The number of thiophene rings is 1. The van der Waals surface area contributed by atoms with Crippen molar-refractivity contribution in [3.8, 4) is 0 Å². The van der Waals surface area contributed by atoms with Crippen LogP contribution < -0.4 is 5.32 Å². The molecular formula is C12H18N2O2S. The quantitative estimate of drug-likeness (QED) is 0.874. The van der Waals surface area contributed by atoms with Gasteiger partial charge in [0.2, 0.25) is 5.91 Å². The highest BCUT2D eigenvalue weighted by molar-refractivity contribution is 7.09. The van der Waals surface area contributed by atoms with Gasteiger partial charge in [0, 0.05) is 24.5 Å². The SMILES string of the molecule is O=C(COCc1cccs1)N1CCCNCC1. The second kappa shape index (κ2) is 6.74. The minimum atomic E-state index is 0.102. The van der Waals surface area contributed by atoms with Crippen molar-refractivity contribution in [3.05, 3.63) is 22.4 Å². The van der Waals surface area contributed by atoms with Gasteiger partial charge >= 0.3 is 0 Å². The number of nitrogens with one attached hydrogen (secondary N) is 1. The Morgan fingerprint density at radius 1 is 1.47 bits per heavy atom. The Bertz CT molecular complexity index is 332. The van der Waals surface area contributed by atoms with Crippen LogP contribution >= 0.6 is 11.3 Å². The van der Waals surface area contributed by atoms with Crippen LogP contribution in [-0.2, 0) is 16.1 Å². The summed E-state index contributed by atoms with van der Waals surface area (Å²) < 4.78 is 5.43. The van der Waals surface area contributed by atoms with E-state index < -0.39 is 0 Å². The molecular weight excluding hydrogens is 236 g/mol. The molecule has 17 heavy (non-hydrogen) atoms. The molecule has 1 aromatic rings. The Hall–Kier alpha value is -0.910. The summed E-state index contributed by atoms with van der Waals surface area (Å²) in [5.74, 6) is 0.102. The van der Waals surface area contributed by atoms with Gasteiger partial charge in [-0.25, -0.2) is 0 Å². The number of ether oxygens (including phenoxy) is 1. The minimum absolute atomic E-state index is 0.102. The van der Waals surface area contributed by atoms with Crippen molar-refractivity contribution in [1.29, 1.82) is 0 Å². The molecule has 0 aromatic carbocycles. The van der Waals surface area contributed by atoms with E-state index in [1.54, 1.807) is 11.3 Å². The van der Waals surface area contributed by atoms with Gasteiger partial charge in [0.25, 0.3) is 0 Å². The van der Waals surface area contributed by atoms with Crippen LogP contribution in [0.4, 0.5) is 0 Å². The van der Waals surface area contributed by atoms with E-state index in [0.717, 1.165) is 37.5 Å².